The van der Waals surface area contributed by atoms with Gasteiger partial charge in [-0.1, -0.05) is 34.1 Å². The van der Waals surface area contributed by atoms with Crippen LogP contribution in [0.5, 0.6) is 0 Å². The molecule has 130 valence electrons. The average Bonchev–Trinajstić information content (AvgIpc) is 2.84. The second-order valence-corrected chi connectivity index (χ2v) is 6.69. The van der Waals surface area contributed by atoms with Crippen LogP contribution in [0.4, 0.5) is 0 Å². The lowest BCUT2D eigenvalue weighted by Gasteiger charge is -2.23. The number of rotatable bonds is 5. The summed E-state index contributed by atoms with van der Waals surface area (Å²) in [6.07, 6.45) is 2.44. The highest BCUT2D eigenvalue weighted by Crippen LogP contribution is 2.37. The number of Topliss-reactive ketones (excluding diaryl/α,β-unsaturated/α-hetero) is 1. The van der Waals surface area contributed by atoms with E-state index in [0.717, 1.165) is 10.9 Å². The van der Waals surface area contributed by atoms with Gasteiger partial charge in [0.25, 0.3) is 5.78 Å². The van der Waals surface area contributed by atoms with E-state index in [1.807, 2.05) is 24.3 Å². The normalized spacial score (nSPS) is 20.0. The van der Waals surface area contributed by atoms with Crippen molar-refractivity contribution in [3.63, 3.8) is 0 Å². The van der Waals surface area contributed by atoms with Crippen molar-refractivity contribution in [1.29, 1.82) is 0 Å². The standard InChI is InChI=1S/C18H17BrN2O4/c1-18(12-9-11-5-2-3-6-13(11)20-10-12)16(24)15(23)17(25-18)21-14(22)7-4-8-19/h2-3,5-6,9-10,23H,4,7-8H2,1H3,(H,21,22). The predicted molar refractivity (Wildman–Crippen MR) is 96.0 cm³/mol. The van der Waals surface area contributed by atoms with E-state index in [1.165, 1.54) is 0 Å². The number of nitrogens with one attached hydrogen (secondary N) is 1. The molecule has 1 aromatic carbocycles. The number of para-hydroxylation sites is 1. The maximum Gasteiger partial charge on any atom is 0.250 e. The number of aliphatic hydroxyl groups is 1. The van der Waals surface area contributed by atoms with Gasteiger partial charge in [-0.15, -0.1) is 0 Å². The summed E-state index contributed by atoms with van der Waals surface area (Å²) in [5.74, 6) is -1.72. The van der Waals surface area contributed by atoms with Gasteiger partial charge < -0.3 is 9.84 Å². The average molecular weight is 405 g/mol. The summed E-state index contributed by atoms with van der Waals surface area (Å²) in [5, 5.41) is 14.1. The Morgan fingerprint density at radius 1 is 1.40 bits per heavy atom. The third-order valence-corrected chi connectivity index (χ3v) is 4.66. The Labute approximate surface area is 153 Å². The molecule has 0 spiro atoms. The number of ether oxygens (including phenoxy) is 1. The first-order chi connectivity index (χ1) is 12.0. The SMILES string of the molecule is CC1(c2cnc3ccccc3c2)OC(NC(=O)CCCBr)=C(O)C1=O. The minimum absolute atomic E-state index is 0.208. The quantitative estimate of drug-likeness (QED) is 0.747. The van der Waals surface area contributed by atoms with Crippen LogP contribution in [0.2, 0.25) is 0 Å². The van der Waals surface area contributed by atoms with Gasteiger partial charge in [0.2, 0.25) is 23.2 Å². The highest BCUT2D eigenvalue weighted by Gasteiger charge is 2.48. The largest absolute Gasteiger partial charge is 0.501 e. The Kier molecular flexibility index (Phi) is 4.76. The van der Waals surface area contributed by atoms with Crippen molar-refractivity contribution in [1.82, 2.24) is 10.3 Å². The van der Waals surface area contributed by atoms with Crippen LogP contribution in [0.1, 0.15) is 25.3 Å². The van der Waals surface area contributed by atoms with E-state index in [-0.39, 0.29) is 18.2 Å². The van der Waals surface area contributed by atoms with Crippen LogP contribution in [0.3, 0.4) is 0 Å². The monoisotopic (exact) mass is 404 g/mol. The lowest BCUT2D eigenvalue weighted by Crippen LogP contribution is -2.32. The smallest absolute Gasteiger partial charge is 0.250 e. The Morgan fingerprint density at radius 3 is 2.92 bits per heavy atom. The number of pyridine rings is 1. The summed E-state index contributed by atoms with van der Waals surface area (Å²) >= 11 is 3.25. The van der Waals surface area contributed by atoms with E-state index in [9.17, 15) is 14.7 Å². The number of fused-ring (bicyclic) bond motifs is 1. The van der Waals surface area contributed by atoms with E-state index < -0.39 is 17.1 Å². The molecule has 0 saturated carbocycles. The number of aromatic nitrogens is 1. The van der Waals surface area contributed by atoms with Crippen LogP contribution < -0.4 is 5.32 Å². The third-order valence-electron chi connectivity index (χ3n) is 4.10. The Balaban J connectivity index is 1.87. The summed E-state index contributed by atoms with van der Waals surface area (Å²) in [6, 6.07) is 9.29. The maximum absolute atomic E-state index is 12.6. The first kappa shape index (κ1) is 17.4. The molecule has 0 radical (unpaired) electrons. The number of ketones is 1. The van der Waals surface area contributed by atoms with Gasteiger partial charge in [-0.05, 0) is 25.5 Å². The van der Waals surface area contributed by atoms with E-state index >= 15 is 0 Å². The molecule has 0 bridgehead atoms. The molecule has 1 atom stereocenters. The predicted octanol–water partition coefficient (Wildman–Crippen LogP) is 3.07. The van der Waals surface area contributed by atoms with Crippen LogP contribution in [0.25, 0.3) is 10.9 Å². The molecule has 1 unspecified atom stereocenters. The number of carbonyl (C=O) groups excluding carboxylic acids is 2. The van der Waals surface area contributed by atoms with Crippen LogP contribution in [0, 0.1) is 0 Å². The molecular formula is C18H17BrN2O4. The third kappa shape index (κ3) is 3.24. The first-order valence-electron chi connectivity index (χ1n) is 7.84. The summed E-state index contributed by atoms with van der Waals surface area (Å²) in [7, 11) is 0. The van der Waals surface area contributed by atoms with Gasteiger partial charge in [-0.3, -0.25) is 19.9 Å². The molecule has 2 heterocycles. The first-order valence-corrected chi connectivity index (χ1v) is 8.96. The van der Waals surface area contributed by atoms with Crippen LogP contribution in [-0.4, -0.2) is 27.1 Å². The second kappa shape index (κ2) is 6.84. The molecule has 6 nitrogen and oxygen atoms in total. The molecule has 2 N–H and O–H groups in total. The minimum atomic E-state index is -1.43. The van der Waals surface area contributed by atoms with Gasteiger partial charge in [0, 0.05) is 28.9 Å². The van der Waals surface area contributed by atoms with Crippen molar-refractivity contribution in [2.45, 2.75) is 25.4 Å². The Bertz CT molecular complexity index is 880. The van der Waals surface area contributed by atoms with Crippen molar-refractivity contribution < 1.29 is 19.4 Å². The molecule has 1 aliphatic heterocycles. The van der Waals surface area contributed by atoms with Gasteiger partial charge in [-0.25, -0.2) is 0 Å². The van der Waals surface area contributed by atoms with Gasteiger partial charge >= 0.3 is 0 Å². The lowest BCUT2D eigenvalue weighted by atomic mass is 9.92. The molecule has 1 aromatic heterocycles. The van der Waals surface area contributed by atoms with Crippen LogP contribution >= 0.6 is 15.9 Å². The van der Waals surface area contributed by atoms with Crippen molar-refractivity contribution in [2.75, 3.05) is 5.33 Å². The molecule has 0 saturated heterocycles. The van der Waals surface area contributed by atoms with Crippen molar-refractivity contribution >= 4 is 38.5 Å². The summed E-state index contributed by atoms with van der Waals surface area (Å²) < 4.78 is 5.66. The molecule has 0 aliphatic carbocycles. The fourth-order valence-corrected chi connectivity index (χ4v) is 2.93. The molecular weight excluding hydrogens is 388 g/mol. The summed E-state index contributed by atoms with van der Waals surface area (Å²) in [4.78, 5) is 28.7. The number of aliphatic hydroxyl groups excluding tert-OH is 1. The number of hydrogen-bond donors (Lipinski definition) is 2. The number of alkyl halides is 1. The zero-order chi connectivity index (χ0) is 18.0. The van der Waals surface area contributed by atoms with Gasteiger partial charge in [0.05, 0.1) is 5.52 Å². The molecule has 25 heavy (non-hydrogen) atoms. The lowest BCUT2D eigenvalue weighted by molar-refractivity contribution is -0.133. The van der Waals surface area contributed by atoms with Crippen LogP contribution in [0.15, 0.2) is 48.2 Å². The molecule has 1 aliphatic rings. The topological polar surface area (TPSA) is 88.5 Å². The Morgan fingerprint density at radius 2 is 2.16 bits per heavy atom. The summed E-state index contributed by atoms with van der Waals surface area (Å²) in [5.41, 5.74) is -0.132. The van der Waals surface area contributed by atoms with E-state index in [0.29, 0.717) is 17.3 Å². The zero-order valence-electron chi connectivity index (χ0n) is 13.6. The van der Waals surface area contributed by atoms with Crippen LogP contribution in [-0.2, 0) is 19.9 Å². The highest BCUT2D eigenvalue weighted by atomic mass is 79.9. The number of benzene rings is 1. The van der Waals surface area contributed by atoms with Crippen molar-refractivity contribution in [3.05, 3.63) is 53.7 Å². The number of halogens is 1. The zero-order valence-corrected chi connectivity index (χ0v) is 15.2. The van der Waals surface area contributed by atoms with E-state index in [2.05, 4.69) is 26.2 Å². The fraction of sp³-hybridized carbons (Fsp3) is 0.278. The van der Waals surface area contributed by atoms with E-state index in [4.69, 9.17) is 4.74 Å². The summed E-state index contributed by atoms with van der Waals surface area (Å²) in [6.45, 7) is 1.55. The molecule has 3 rings (SSSR count). The van der Waals surface area contributed by atoms with Gasteiger partial charge in [-0.2, -0.15) is 0 Å². The molecule has 0 fully saturated rings. The Hall–Kier alpha value is -2.41. The second-order valence-electron chi connectivity index (χ2n) is 5.90. The molecule has 1 amide bonds. The van der Waals surface area contributed by atoms with Crippen molar-refractivity contribution in [3.8, 4) is 0 Å². The van der Waals surface area contributed by atoms with Crippen molar-refractivity contribution in [2.24, 2.45) is 0 Å². The highest BCUT2D eigenvalue weighted by molar-refractivity contribution is 9.09. The van der Waals surface area contributed by atoms with E-state index in [1.54, 1.807) is 19.2 Å². The number of carbonyl (C=O) groups is 2. The number of amides is 1. The fourth-order valence-electron chi connectivity index (χ4n) is 2.65. The molecule has 7 heteroatoms. The van der Waals surface area contributed by atoms with Gasteiger partial charge in [0.15, 0.2) is 0 Å². The maximum atomic E-state index is 12.6. The number of hydrogen-bond acceptors (Lipinski definition) is 5. The molecule has 2 aromatic rings. The van der Waals surface area contributed by atoms with Gasteiger partial charge in [0.1, 0.15) is 0 Å². The minimum Gasteiger partial charge on any atom is -0.501 e. The number of nitrogens with zero attached hydrogens (tertiary/aromatic N) is 1.